The molecule has 1 fully saturated rings. The summed E-state index contributed by atoms with van der Waals surface area (Å²) in [6, 6.07) is 0. The first-order chi connectivity index (χ1) is 9.85. The molecule has 2 aromatic heterocycles. The molecule has 11 heteroatoms. The van der Waals surface area contributed by atoms with Crippen LogP contribution in [0.15, 0.2) is 16.6 Å². The van der Waals surface area contributed by atoms with Crippen molar-refractivity contribution in [2.75, 3.05) is 36.6 Å². The van der Waals surface area contributed by atoms with Gasteiger partial charge in [0.25, 0.3) is 0 Å². The third-order valence-electron chi connectivity index (χ3n) is 2.61. The molecule has 3 heterocycles. The van der Waals surface area contributed by atoms with E-state index in [2.05, 4.69) is 35.6 Å². The van der Waals surface area contributed by atoms with Crippen molar-refractivity contribution >= 4 is 23.7 Å². The number of nitrogens with one attached hydrogen (secondary N) is 2. The van der Waals surface area contributed by atoms with Crippen molar-refractivity contribution in [1.29, 1.82) is 0 Å². The molecule has 0 aliphatic carbocycles. The Hall–Kier alpha value is -1.98. The van der Waals surface area contributed by atoms with E-state index in [-0.39, 0.29) is 0 Å². The Labute approximate surface area is 118 Å². The van der Waals surface area contributed by atoms with Crippen molar-refractivity contribution < 1.29 is 4.74 Å². The van der Waals surface area contributed by atoms with Gasteiger partial charge in [-0.05, 0) is 11.8 Å². The topological polar surface area (TPSA) is 131 Å². The summed E-state index contributed by atoms with van der Waals surface area (Å²) >= 11 is 1.26. The molecule has 10 nitrogen and oxygen atoms in total. The van der Waals surface area contributed by atoms with Crippen molar-refractivity contribution in [2.45, 2.75) is 10.3 Å². The number of rotatable bonds is 4. The Balaban J connectivity index is 1.85. The van der Waals surface area contributed by atoms with Crippen molar-refractivity contribution in [2.24, 2.45) is 5.84 Å². The number of hydrogen-bond acceptors (Lipinski definition) is 10. The van der Waals surface area contributed by atoms with E-state index in [1.165, 1.54) is 18.1 Å². The van der Waals surface area contributed by atoms with Gasteiger partial charge in [0.05, 0.1) is 13.2 Å². The molecule has 20 heavy (non-hydrogen) atoms. The standard InChI is InChI=1S/C9H13N9OS/c10-16-6-13-7(18-1-3-19-4-2-18)15-9(14-6)20-8-11-5-12-17-8/h5H,1-4,10H2,(H,11,12,17)(H,13,14,15,16). The Morgan fingerprint density at radius 1 is 1.30 bits per heavy atom. The van der Waals surface area contributed by atoms with Crippen LogP contribution in [0.5, 0.6) is 0 Å². The van der Waals surface area contributed by atoms with Crippen LogP contribution in [0.3, 0.4) is 0 Å². The maximum atomic E-state index is 5.40. The lowest BCUT2D eigenvalue weighted by molar-refractivity contribution is 0.122. The molecule has 0 unspecified atom stereocenters. The van der Waals surface area contributed by atoms with Crippen LogP contribution in [-0.4, -0.2) is 56.4 Å². The number of aromatic nitrogens is 6. The summed E-state index contributed by atoms with van der Waals surface area (Å²) in [6.07, 6.45) is 1.43. The van der Waals surface area contributed by atoms with E-state index in [9.17, 15) is 0 Å². The predicted octanol–water partition coefficient (Wildman–Crippen LogP) is -0.737. The molecule has 0 radical (unpaired) electrons. The maximum absolute atomic E-state index is 5.40. The zero-order valence-corrected chi connectivity index (χ0v) is 11.3. The predicted molar refractivity (Wildman–Crippen MR) is 71.2 cm³/mol. The number of nitrogen functional groups attached to an aromatic ring is 1. The molecule has 0 atom stereocenters. The summed E-state index contributed by atoms with van der Waals surface area (Å²) < 4.78 is 5.31. The number of nitrogens with two attached hydrogens (primary N) is 1. The highest BCUT2D eigenvalue weighted by atomic mass is 32.2. The van der Waals surface area contributed by atoms with Gasteiger partial charge in [0.15, 0.2) is 5.16 Å². The van der Waals surface area contributed by atoms with Crippen LogP contribution >= 0.6 is 11.8 Å². The van der Waals surface area contributed by atoms with Gasteiger partial charge >= 0.3 is 0 Å². The molecule has 1 aliphatic rings. The van der Waals surface area contributed by atoms with E-state index in [0.29, 0.717) is 35.4 Å². The maximum Gasteiger partial charge on any atom is 0.242 e. The first-order valence-corrected chi connectivity index (χ1v) is 6.75. The molecule has 3 rings (SSSR count). The molecule has 4 N–H and O–H groups in total. The minimum atomic E-state index is 0.309. The molecular weight excluding hydrogens is 282 g/mol. The van der Waals surface area contributed by atoms with Gasteiger partial charge in [-0.3, -0.25) is 10.5 Å². The highest BCUT2D eigenvalue weighted by Gasteiger charge is 2.17. The smallest absolute Gasteiger partial charge is 0.242 e. The largest absolute Gasteiger partial charge is 0.378 e. The summed E-state index contributed by atoms with van der Waals surface area (Å²) in [6.45, 7) is 2.78. The molecule has 0 bridgehead atoms. The minimum Gasteiger partial charge on any atom is -0.378 e. The fourth-order valence-corrected chi connectivity index (χ4v) is 2.32. The zero-order chi connectivity index (χ0) is 13.8. The van der Waals surface area contributed by atoms with E-state index in [4.69, 9.17) is 10.6 Å². The second-order valence-electron chi connectivity index (χ2n) is 3.88. The molecular formula is C9H13N9OS. The molecule has 0 saturated carbocycles. The third-order valence-corrected chi connectivity index (χ3v) is 3.36. The van der Waals surface area contributed by atoms with Crippen LogP contribution in [0.4, 0.5) is 11.9 Å². The van der Waals surface area contributed by atoms with Gasteiger partial charge in [-0.15, -0.1) is 0 Å². The van der Waals surface area contributed by atoms with E-state index in [1.807, 2.05) is 4.90 Å². The van der Waals surface area contributed by atoms with Gasteiger partial charge in [0.2, 0.25) is 17.1 Å². The lowest BCUT2D eigenvalue weighted by Gasteiger charge is -2.26. The molecule has 2 aromatic rings. The number of anilines is 2. The van der Waals surface area contributed by atoms with Crippen LogP contribution in [0.1, 0.15) is 0 Å². The monoisotopic (exact) mass is 295 g/mol. The number of ether oxygens (including phenoxy) is 1. The first-order valence-electron chi connectivity index (χ1n) is 5.94. The normalized spacial score (nSPS) is 15.3. The molecule has 1 aliphatic heterocycles. The van der Waals surface area contributed by atoms with E-state index in [1.54, 1.807) is 0 Å². The van der Waals surface area contributed by atoms with Crippen LogP contribution in [-0.2, 0) is 4.74 Å². The van der Waals surface area contributed by atoms with Crippen molar-refractivity contribution in [1.82, 2.24) is 30.1 Å². The van der Waals surface area contributed by atoms with E-state index in [0.717, 1.165) is 13.1 Å². The summed E-state index contributed by atoms with van der Waals surface area (Å²) in [7, 11) is 0. The van der Waals surface area contributed by atoms with Gasteiger partial charge in [0, 0.05) is 13.1 Å². The Kier molecular flexibility index (Phi) is 3.90. The van der Waals surface area contributed by atoms with E-state index >= 15 is 0 Å². The van der Waals surface area contributed by atoms with Crippen molar-refractivity contribution in [3.63, 3.8) is 0 Å². The summed E-state index contributed by atoms with van der Waals surface area (Å²) in [5.74, 6) is 6.28. The van der Waals surface area contributed by atoms with Gasteiger partial charge in [-0.1, -0.05) is 0 Å². The number of H-pyrrole nitrogens is 1. The fourth-order valence-electron chi connectivity index (χ4n) is 1.69. The van der Waals surface area contributed by atoms with Crippen LogP contribution in [0.25, 0.3) is 0 Å². The van der Waals surface area contributed by atoms with E-state index < -0.39 is 0 Å². The van der Waals surface area contributed by atoms with Crippen LogP contribution in [0.2, 0.25) is 0 Å². The second-order valence-corrected chi connectivity index (χ2v) is 4.83. The summed E-state index contributed by atoms with van der Waals surface area (Å²) in [5, 5.41) is 7.61. The quantitative estimate of drug-likeness (QED) is 0.489. The van der Waals surface area contributed by atoms with Gasteiger partial charge < -0.3 is 9.64 Å². The second kappa shape index (κ2) is 5.98. The number of hydrazine groups is 1. The fraction of sp³-hybridized carbons (Fsp3) is 0.444. The number of hydrogen-bond donors (Lipinski definition) is 3. The average molecular weight is 295 g/mol. The SMILES string of the molecule is NNc1nc(Sc2ncn[nH]2)nc(N2CCOCC2)n1. The highest BCUT2D eigenvalue weighted by Crippen LogP contribution is 2.23. The molecule has 106 valence electrons. The Bertz CT molecular complexity index is 557. The van der Waals surface area contributed by atoms with Gasteiger partial charge in [0.1, 0.15) is 6.33 Å². The molecule has 0 aromatic carbocycles. The molecule has 0 amide bonds. The highest BCUT2D eigenvalue weighted by molar-refractivity contribution is 7.99. The minimum absolute atomic E-state index is 0.309. The first kappa shape index (κ1) is 13.0. The van der Waals surface area contributed by atoms with Crippen LogP contribution in [0, 0.1) is 0 Å². The average Bonchev–Trinajstić information content (AvgIpc) is 3.00. The number of aromatic amines is 1. The lowest BCUT2D eigenvalue weighted by Crippen LogP contribution is -2.37. The third kappa shape index (κ3) is 2.95. The Morgan fingerprint density at radius 2 is 2.15 bits per heavy atom. The van der Waals surface area contributed by atoms with Crippen molar-refractivity contribution in [3.05, 3.63) is 6.33 Å². The summed E-state index contributed by atoms with van der Waals surface area (Å²) in [4.78, 5) is 18.9. The zero-order valence-electron chi connectivity index (χ0n) is 10.5. The molecule has 1 saturated heterocycles. The molecule has 0 spiro atoms. The van der Waals surface area contributed by atoms with Gasteiger partial charge in [-0.25, -0.2) is 10.8 Å². The lowest BCUT2D eigenvalue weighted by atomic mass is 10.4. The van der Waals surface area contributed by atoms with Gasteiger partial charge in [-0.2, -0.15) is 20.1 Å². The summed E-state index contributed by atoms with van der Waals surface area (Å²) in [5.41, 5.74) is 2.45. The number of morpholine rings is 1. The van der Waals surface area contributed by atoms with Crippen molar-refractivity contribution in [3.8, 4) is 0 Å². The van der Waals surface area contributed by atoms with Crippen LogP contribution < -0.4 is 16.2 Å². The Morgan fingerprint density at radius 3 is 2.85 bits per heavy atom. The number of nitrogens with zero attached hydrogens (tertiary/aromatic N) is 6.